The highest BCUT2D eigenvalue weighted by molar-refractivity contribution is 5.55. The lowest BCUT2D eigenvalue weighted by Crippen LogP contribution is -2.00. The Morgan fingerprint density at radius 1 is 1.19 bits per heavy atom. The first-order valence-electron chi connectivity index (χ1n) is 4.38. The van der Waals surface area contributed by atoms with Gasteiger partial charge in [0.15, 0.2) is 0 Å². The Morgan fingerprint density at radius 3 is 1.94 bits per heavy atom. The monoisotopic (exact) mass is 226 g/mol. The van der Waals surface area contributed by atoms with Gasteiger partial charge in [-0.15, -0.1) is 0 Å². The average Bonchev–Trinajstić information content (AvgIpc) is 2.19. The third kappa shape index (κ3) is 2.31. The molecule has 0 saturated carbocycles. The highest BCUT2D eigenvalue weighted by Crippen LogP contribution is 2.29. The number of nitro groups is 2. The van der Waals surface area contributed by atoms with Gasteiger partial charge in [0.1, 0.15) is 5.56 Å². The first-order chi connectivity index (χ1) is 7.47. The number of hydrogen-bond acceptors (Lipinski definition) is 5. The lowest BCUT2D eigenvalue weighted by molar-refractivity contribution is -0.395. The zero-order chi connectivity index (χ0) is 12.3. The third-order valence-corrected chi connectivity index (χ3v) is 2.12. The summed E-state index contributed by atoms with van der Waals surface area (Å²) < 4.78 is 4.79. The summed E-state index contributed by atoms with van der Waals surface area (Å²) in [5.74, 6) is 0. The highest BCUT2D eigenvalue weighted by atomic mass is 16.6. The largest absolute Gasteiger partial charge is 0.380 e. The standard InChI is InChI=1S/C9H10N2O5/c1-6-8(10(12)13)3-7(5-16-2)4-9(6)11(14)15/h3-4H,5H2,1-2H3. The second-order valence-corrected chi connectivity index (χ2v) is 3.21. The van der Waals surface area contributed by atoms with Gasteiger partial charge in [0.25, 0.3) is 11.4 Å². The van der Waals surface area contributed by atoms with Gasteiger partial charge in [0.05, 0.1) is 16.5 Å². The van der Waals surface area contributed by atoms with Crippen molar-refractivity contribution in [3.8, 4) is 0 Å². The molecule has 0 unspecified atom stereocenters. The lowest BCUT2D eigenvalue weighted by Gasteiger charge is -2.03. The van der Waals surface area contributed by atoms with E-state index >= 15 is 0 Å². The van der Waals surface area contributed by atoms with Gasteiger partial charge in [0.2, 0.25) is 0 Å². The number of nitrogens with zero attached hydrogens (tertiary/aromatic N) is 2. The first-order valence-corrected chi connectivity index (χ1v) is 4.38. The van der Waals surface area contributed by atoms with Gasteiger partial charge in [-0.05, 0) is 12.5 Å². The summed E-state index contributed by atoms with van der Waals surface area (Å²) in [6.45, 7) is 1.45. The van der Waals surface area contributed by atoms with Crippen molar-refractivity contribution in [1.82, 2.24) is 0 Å². The van der Waals surface area contributed by atoms with E-state index in [1.807, 2.05) is 0 Å². The van der Waals surface area contributed by atoms with E-state index in [4.69, 9.17) is 4.74 Å². The van der Waals surface area contributed by atoms with Crippen molar-refractivity contribution in [1.29, 1.82) is 0 Å². The molecule has 0 saturated heterocycles. The van der Waals surface area contributed by atoms with Crippen molar-refractivity contribution >= 4 is 11.4 Å². The molecule has 0 atom stereocenters. The molecule has 0 amide bonds. The molecule has 0 heterocycles. The van der Waals surface area contributed by atoms with Crippen LogP contribution in [0.5, 0.6) is 0 Å². The van der Waals surface area contributed by atoms with Gasteiger partial charge in [0, 0.05) is 19.2 Å². The van der Waals surface area contributed by atoms with E-state index in [9.17, 15) is 20.2 Å². The highest BCUT2D eigenvalue weighted by Gasteiger charge is 2.22. The number of nitro benzene ring substituents is 2. The zero-order valence-corrected chi connectivity index (χ0v) is 8.80. The van der Waals surface area contributed by atoms with Gasteiger partial charge in [-0.1, -0.05) is 0 Å². The van der Waals surface area contributed by atoms with E-state index in [0.717, 1.165) is 0 Å². The summed E-state index contributed by atoms with van der Waals surface area (Å²) in [6.07, 6.45) is 0. The maximum atomic E-state index is 10.7. The number of methoxy groups -OCH3 is 1. The Balaban J connectivity index is 3.38. The minimum Gasteiger partial charge on any atom is -0.380 e. The predicted octanol–water partition coefficient (Wildman–Crippen LogP) is 1.96. The molecule has 7 nitrogen and oxygen atoms in total. The van der Waals surface area contributed by atoms with Crippen molar-refractivity contribution in [2.45, 2.75) is 13.5 Å². The van der Waals surface area contributed by atoms with Crippen LogP contribution < -0.4 is 0 Å². The van der Waals surface area contributed by atoms with Crippen LogP contribution in [0.1, 0.15) is 11.1 Å². The number of hydrogen-bond donors (Lipinski definition) is 0. The van der Waals surface area contributed by atoms with Crippen molar-refractivity contribution in [2.75, 3.05) is 7.11 Å². The van der Waals surface area contributed by atoms with Gasteiger partial charge in [-0.25, -0.2) is 0 Å². The Hall–Kier alpha value is -2.02. The summed E-state index contributed by atoms with van der Waals surface area (Å²) in [4.78, 5) is 20.1. The second kappa shape index (κ2) is 4.67. The quantitative estimate of drug-likeness (QED) is 0.577. The molecule has 0 bridgehead atoms. The molecule has 0 N–H and O–H groups in total. The summed E-state index contributed by atoms with van der Waals surface area (Å²) in [7, 11) is 1.41. The van der Waals surface area contributed by atoms with E-state index in [-0.39, 0.29) is 23.5 Å². The van der Waals surface area contributed by atoms with Crippen molar-refractivity contribution in [3.63, 3.8) is 0 Å². The minimum atomic E-state index is -0.637. The molecule has 0 aliphatic heterocycles. The molecule has 16 heavy (non-hydrogen) atoms. The van der Waals surface area contributed by atoms with Crippen molar-refractivity contribution < 1.29 is 14.6 Å². The van der Waals surface area contributed by atoms with Crippen LogP contribution in [0.15, 0.2) is 12.1 Å². The molecule has 0 fully saturated rings. The van der Waals surface area contributed by atoms with Crippen LogP contribution in [0.25, 0.3) is 0 Å². The zero-order valence-electron chi connectivity index (χ0n) is 8.80. The lowest BCUT2D eigenvalue weighted by atomic mass is 10.1. The normalized spacial score (nSPS) is 10.1. The predicted molar refractivity (Wildman–Crippen MR) is 55.2 cm³/mol. The van der Waals surface area contributed by atoms with Crippen LogP contribution in [-0.2, 0) is 11.3 Å². The Kier molecular flexibility index (Phi) is 3.51. The van der Waals surface area contributed by atoms with Gasteiger partial charge in [-0.2, -0.15) is 0 Å². The topological polar surface area (TPSA) is 95.5 Å². The van der Waals surface area contributed by atoms with Crippen LogP contribution in [-0.4, -0.2) is 17.0 Å². The summed E-state index contributed by atoms with van der Waals surface area (Å²) in [6, 6.07) is 2.57. The molecule has 0 aliphatic carbocycles. The van der Waals surface area contributed by atoms with E-state index in [2.05, 4.69) is 0 Å². The minimum absolute atomic E-state index is 0.0508. The summed E-state index contributed by atoms with van der Waals surface area (Å²) in [5.41, 5.74) is -0.0659. The van der Waals surface area contributed by atoms with Crippen LogP contribution in [0.4, 0.5) is 11.4 Å². The molecule has 7 heteroatoms. The molecular formula is C9H10N2O5. The molecule has 0 radical (unpaired) electrons. The SMILES string of the molecule is COCc1cc([N+](=O)[O-])c(C)c([N+](=O)[O-])c1. The molecule has 0 aromatic heterocycles. The first kappa shape index (κ1) is 12.1. The van der Waals surface area contributed by atoms with Crippen LogP contribution in [0, 0.1) is 27.2 Å². The van der Waals surface area contributed by atoms with Gasteiger partial charge >= 0.3 is 0 Å². The molecular weight excluding hydrogens is 216 g/mol. The van der Waals surface area contributed by atoms with E-state index < -0.39 is 9.85 Å². The smallest absolute Gasteiger partial charge is 0.279 e. The van der Waals surface area contributed by atoms with Crippen LogP contribution in [0.3, 0.4) is 0 Å². The van der Waals surface area contributed by atoms with Crippen molar-refractivity contribution in [2.24, 2.45) is 0 Å². The Labute approximate surface area is 90.9 Å². The van der Waals surface area contributed by atoms with E-state index in [1.54, 1.807) is 0 Å². The second-order valence-electron chi connectivity index (χ2n) is 3.21. The fourth-order valence-electron chi connectivity index (χ4n) is 1.37. The fraction of sp³-hybridized carbons (Fsp3) is 0.333. The third-order valence-electron chi connectivity index (χ3n) is 2.12. The number of ether oxygens (including phenoxy) is 1. The van der Waals surface area contributed by atoms with Gasteiger partial charge < -0.3 is 4.74 Å². The van der Waals surface area contributed by atoms with Crippen LogP contribution >= 0.6 is 0 Å². The molecule has 86 valence electrons. The fourth-order valence-corrected chi connectivity index (χ4v) is 1.37. The summed E-state index contributed by atoms with van der Waals surface area (Å²) >= 11 is 0. The number of benzene rings is 1. The maximum Gasteiger partial charge on any atom is 0.279 e. The maximum absolute atomic E-state index is 10.7. The molecule has 1 aromatic rings. The average molecular weight is 226 g/mol. The van der Waals surface area contributed by atoms with Crippen molar-refractivity contribution in [3.05, 3.63) is 43.5 Å². The molecule has 1 rings (SSSR count). The number of rotatable bonds is 4. The molecule has 0 aliphatic rings. The Bertz CT molecular complexity index is 409. The molecule has 0 spiro atoms. The Morgan fingerprint density at radius 2 is 1.62 bits per heavy atom. The molecule has 1 aromatic carbocycles. The van der Waals surface area contributed by atoms with Gasteiger partial charge in [-0.3, -0.25) is 20.2 Å². The summed E-state index contributed by atoms with van der Waals surface area (Å²) in [5, 5.41) is 21.4. The van der Waals surface area contributed by atoms with E-state index in [1.165, 1.54) is 26.2 Å². The van der Waals surface area contributed by atoms with Crippen LogP contribution in [0.2, 0.25) is 0 Å². The van der Waals surface area contributed by atoms with E-state index in [0.29, 0.717) is 5.56 Å².